The van der Waals surface area contributed by atoms with Crippen molar-refractivity contribution in [2.24, 2.45) is 10.7 Å². The van der Waals surface area contributed by atoms with Crippen molar-refractivity contribution in [3.63, 3.8) is 0 Å². The zero-order valence-corrected chi connectivity index (χ0v) is 15.9. The number of carbonyl (C=O) groups is 1. The number of aromatic nitrogens is 1. The zero-order valence-electron chi connectivity index (χ0n) is 15.9. The van der Waals surface area contributed by atoms with Crippen molar-refractivity contribution >= 4 is 17.6 Å². The molecular weight excluding hydrogens is 422 g/mol. The average molecular weight is 439 g/mol. The fourth-order valence-electron chi connectivity index (χ4n) is 2.42. The molecule has 0 spiro atoms. The molecule has 0 saturated heterocycles. The van der Waals surface area contributed by atoms with E-state index in [-0.39, 0.29) is 11.7 Å². The van der Waals surface area contributed by atoms with Crippen molar-refractivity contribution in [1.82, 2.24) is 4.98 Å². The van der Waals surface area contributed by atoms with Crippen LogP contribution in [0.2, 0.25) is 0 Å². The van der Waals surface area contributed by atoms with Crippen molar-refractivity contribution in [3.8, 4) is 6.07 Å². The number of pyridine rings is 1. The van der Waals surface area contributed by atoms with Crippen LogP contribution in [0.15, 0.2) is 41.5 Å². The number of nitrogens with one attached hydrogen (secondary N) is 1. The predicted octanol–water partition coefficient (Wildman–Crippen LogP) is 2.66. The normalized spacial score (nSPS) is 15.5. The van der Waals surface area contributed by atoms with Crippen LogP contribution in [0.4, 0.5) is 23.2 Å². The molecule has 1 aromatic carbocycles. The Hall–Kier alpha value is -3.72. The number of hydrogen-bond donors (Lipinski definition) is 3. The molecule has 1 aliphatic rings. The summed E-state index contributed by atoms with van der Waals surface area (Å²) >= 11 is 0. The molecule has 1 atom stereocenters. The van der Waals surface area contributed by atoms with Gasteiger partial charge in [-0.25, -0.2) is 14.4 Å². The van der Waals surface area contributed by atoms with E-state index in [1.165, 1.54) is 36.5 Å². The molecule has 0 radical (unpaired) electrons. The van der Waals surface area contributed by atoms with Gasteiger partial charge < -0.3 is 20.9 Å². The number of aliphatic hydroxyl groups is 1. The smallest absolute Gasteiger partial charge is 0.411 e. The molecule has 4 N–H and O–H groups in total. The van der Waals surface area contributed by atoms with Gasteiger partial charge in [0.1, 0.15) is 24.2 Å². The quantitative estimate of drug-likeness (QED) is 0.630. The minimum absolute atomic E-state index is 0.0203. The standard InChI is InChI=1S/C17H14FN5O2.C2H3F3O/c18-13-3-2-11(7-12(13)14-5-6-25-17(20)23-14)22-16(24)15-4-1-10(8-19)9-21-15;3-2(4,5)1-6/h1-4,7,9,14H,5-6H2,(H2,20,23)(H,22,24);6H,1H2. The van der Waals surface area contributed by atoms with E-state index in [1.807, 2.05) is 6.07 Å². The molecule has 12 heteroatoms. The lowest BCUT2D eigenvalue weighted by Crippen LogP contribution is -2.24. The van der Waals surface area contributed by atoms with Crippen molar-refractivity contribution in [1.29, 1.82) is 5.26 Å². The Morgan fingerprint density at radius 3 is 2.61 bits per heavy atom. The van der Waals surface area contributed by atoms with Crippen LogP contribution in [0.3, 0.4) is 0 Å². The van der Waals surface area contributed by atoms with E-state index in [0.717, 1.165) is 0 Å². The van der Waals surface area contributed by atoms with E-state index >= 15 is 0 Å². The second-order valence-corrected chi connectivity index (χ2v) is 6.13. The first-order valence-electron chi connectivity index (χ1n) is 8.73. The highest BCUT2D eigenvalue weighted by Crippen LogP contribution is 2.29. The molecule has 0 bridgehead atoms. The molecule has 1 aliphatic heterocycles. The number of benzene rings is 1. The van der Waals surface area contributed by atoms with Gasteiger partial charge >= 0.3 is 6.18 Å². The van der Waals surface area contributed by atoms with Crippen LogP contribution in [0.1, 0.15) is 34.1 Å². The Kier molecular flexibility index (Phi) is 7.87. The van der Waals surface area contributed by atoms with Crippen LogP contribution >= 0.6 is 0 Å². The molecule has 0 fully saturated rings. The number of nitrogens with two attached hydrogens (primary N) is 1. The van der Waals surface area contributed by atoms with Gasteiger partial charge in [0.25, 0.3) is 11.9 Å². The van der Waals surface area contributed by atoms with Gasteiger partial charge in [-0.2, -0.15) is 18.4 Å². The molecular formula is C19H17F4N5O3. The second kappa shape index (κ2) is 10.4. The second-order valence-electron chi connectivity index (χ2n) is 6.13. The van der Waals surface area contributed by atoms with Gasteiger partial charge in [-0.3, -0.25) is 4.79 Å². The first kappa shape index (κ1) is 23.6. The number of amides is 1. The number of anilines is 1. The molecule has 8 nitrogen and oxygen atoms in total. The number of hydrogen-bond acceptors (Lipinski definition) is 7. The SMILES string of the molecule is N#Cc1ccc(C(=O)Nc2ccc(F)c(C3CCOC(N)=N3)c2)nc1.OCC(F)(F)F. The number of aliphatic imine (C=N–C) groups is 1. The summed E-state index contributed by atoms with van der Waals surface area (Å²) in [6.07, 6.45) is -2.60. The summed E-state index contributed by atoms with van der Waals surface area (Å²) in [7, 11) is 0. The summed E-state index contributed by atoms with van der Waals surface area (Å²) in [5, 5.41) is 18.7. The van der Waals surface area contributed by atoms with Gasteiger partial charge in [-0.05, 0) is 30.3 Å². The fourth-order valence-corrected chi connectivity index (χ4v) is 2.42. The molecule has 2 heterocycles. The Balaban J connectivity index is 0.000000501. The zero-order chi connectivity index (χ0) is 23.0. The van der Waals surface area contributed by atoms with Gasteiger partial charge in [-0.1, -0.05) is 0 Å². The van der Waals surface area contributed by atoms with Gasteiger partial charge in [-0.15, -0.1) is 0 Å². The maximum Gasteiger partial charge on any atom is 0.411 e. The Labute approximate surface area is 174 Å². The van der Waals surface area contributed by atoms with Crippen LogP contribution in [0.25, 0.3) is 0 Å². The predicted molar refractivity (Wildman–Crippen MR) is 101 cm³/mol. The number of carbonyl (C=O) groups excluding carboxylic acids is 1. The van der Waals surface area contributed by atoms with Gasteiger partial charge in [0, 0.05) is 23.9 Å². The van der Waals surface area contributed by atoms with Crippen molar-refractivity contribution in [3.05, 3.63) is 59.2 Å². The van der Waals surface area contributed by atoms with Gasteiger partial charge in [0.2, 0.25) is 0 Å². The summed E-state index contributed by atoms with van der Waals surface area (Å²) < 4.78 is 50.8. The van der Waals surface area contributed by atoms with E-state index in [1.54, 1.807) is 0 Å². The van der Waals surface area contributed by atoms with E-state index in [4.69, 9.17) is 20.8 Å². The highest BCUT2D eigenvalue weighted by Gasteiger charge is 2.24. The number of nitriles is 1. The lowest BCUT2D eigenvalue weighted by Gasteiger charge is -2.20. The average Bonchev–Trinajstić information content (AvgIpc) is 2.75. The molecule has 3 rings (SSSR count). The third kappa shape index (κ3) is 7.23. The topological polar surface area (TPSA) is 134 Å². The first-order valence-corrected chi connectivity index (χ1v) is 8.73. The van der Waals surface area contributed by atoms with E-state index in [0.29, 0.717) is 29.8 Å². The van der Waals surface area contributed by atoms with Crippen molar-refractivity contribution < 1.29 is 32.2 Å². The van der Waals surface area contributed by atoms with Crippen LogP contribution in [0, 0.1) is 17.1 Å². The molecule has 31 heavy (non-hydrogen) atoms. The van der Waals surface area contributed by atoms with Crippen LogP contribution < -0.4 is 11.1 Å². The van der Waals surface area contributed by atoms with E-state index in [9.17, 15) is 22.4 Å². The minimum Gasteiger partial charge on any atom is -0.465 e. The van der Waals surface area contributed by atoms with Crippen molar-refractivity contribution in [2.45, 2.75) is 18.6 Å². The highest BCUT2D eigenvalue weighted by molar-refractivity contribution is 6.02. The summed E-state index contributed by atoms with van der Waals surface area (Å²) in [5.41, 5.74) is 6.78. The Bertz CT molecular complexity index is 988. The largest absolute Gasteiger partial charge is 0.465 e. The summed E-state index contributed by atoms with van der Waals surface area (Å²) in [6, 6.07) is 8.66. The van der Waals surface area contributed by atoms with E-state index in [2.05, 4.69) is 15.3 Å². The fraction of sp³-hybridized carbons (Fsp3) is 0.263. The van der Waals surface area contributed by atoms with Gasteiger partial charge in [0.05, 0.1) is 18.2 Å². The number of rotatable bonds is 3. The van der Waals surface area contributed by atoms with Crippen LogP contribution in [0.5, 0.6) is 0 Å². The molecule has 0 aliphatic carbocycles. The molecule has 1 aromatic heterocycles. The molecule has 2 aromatic rings. The Morgan fingerprint density at radius 2 is 2.06 bits per heavy atom. The number of aliphatic hydroxyl groups excluding tert-OH is 1. The molecule has 0 saturated carbocycles. The van der Waals surface area contributed by atoms with Gasteiger partial charge in [0.15, 0.2) is 0 Å². The highest BCUT2D eigenvalue weighted by atomic mass is 19.4. The minimum atomic E-state index is -4.40. The van der Waals surface area contributed by atoms with Crippen LogP contribution in [-0.2, 0) is 4.74 Å². The Morgan fingerprint density at radius 1 is 1.35 bits per heavy atom. The monoisotopic (exact) mass is 439 g/mol. The number of nitrogens with zero attached hydrogens (tertiary/aromatic N) is 3. The first-order chi connectivity index (χ1) is 14.6. The van der Waals surface area contributed by atoms with E-state index < -0.39 is 30.5 Å². The number of ether oxygens (including phenoxy) is 1. The third-order valence-electron chi connectivity index (χ3n) is 3.84. The summed E-state index contributed by atoms with van der Waals surface area (Å²) in [5.74, 6) is -0.894. The van der Waals surface area contributed by atoms with Crippen LogP contribution in [-0.4, -0.2) is 41.4 Å². The number of halogens is 4. The lowest BCUT2D eigenvalue weighted by molar-refractivity contribution is -0.159. The summed E-state index contributed by atoms with van der Waals surface area (Å²) in [6.45, 7) is -1.38. The van der Waals surface area contributed by atoms with Crippen molar-refractivity contribution in [2.75, 3.05) is 18.5 Å². The third-order valence-corrected chi connectivity index (χ3v) is 3.84. The molecule has 1 unspecified atom stereocenters. The maximum atomic E-state index is 14.1. The molecule has 1 amide bonds. The maximum absolute atomic E-state index is 14.1. The lowest BCUT2D eigenvalue weighted by atomic mass is 10.0. The number of alkyl halides is 3. The molecule has 164 valence electrons. The summed E-state index contributed by atoms with van der Waals surface area (Å²) in [4.78, 5) is 20.2. The number of amidine groups is 1.